The van der Waals surface area contributed by atoms with E-state index in [-0.39, 0.29) is 33.9 Å². The average molecular weight is 376 g/mol. The molecule has 4 nitrogen and oxygen atoms in total. The third-order valence-electron chi connectivity index (χ3n) is 2.88. The molecule has 0 amide bonds. The van der Waals surface area contributed by atoms with Crippen molar-refractivity contribution in [3.63, 3.8) is 0 Å². The minimum Gasteiger partial charge on any atom is -0.313 e. The Labute approximate surface area is 139 Å². The summed E-state index contributed by atoms with van der Waals surface area (Å²) in [5.41, 5.74) is 0.988. The number of sulfonamides is 1. The molecule has 2 N–H and O–H groups in total. The third kappa shape index (κ3) is 4.81. The Bertz CT molecular complexity index is 627. The molecule has 0 saturated carbocycles. The lowest BCUT2D eigenvalue weighted by Crippen LogP contribution is -2.30. The highest BCUT2D eigenvalue weighted by Crippen LogP contribution is 2.30. The highest BCUT2D eigenvalue weighted by atomic mass is 35.5. The molecule has 0 unspecified atom stereocenters. The summed E-state index contributed by atoms with van der Waals surface area (Å²) in [6.07, 6.45) is 2.70. The fraction of sp³-hybridized carbons (Fsp3) is 0.333. The molecule has 1 heterocycles. The Hall–Kier alpha value is -0.370. The second-order valence-electron chi connectivity index (χ2n) is 4.34. The smallest absolute Gasteiger partial charge is 0.243 e. The van der Waals surface area contributed by atoms with Crippen LogP contribution in [0.3, 0.4) is 0 Å². The van der Waals surface area contributed by atoms with E-state index < -0.39 is 15.8 Å². The van der Waals surface area contributed by atoms with Crippen molar-refractivity contribution in [3.8, 4) is 0 Å². The highest BCUT2D eigenvalue weighted by molar-refractivity contribution is 7.89. The minimum atomic E-state index is -3.88. The second kappa shape index (κ2) is 7.76. The molecule has 0 bridgehead atoms. The zero-order valence-corrected chi connectivity index (χ0v) is 14.0. The van der Waals surface area contributed by atoms with E-state index in [1.54, 1.807) is 0 Å². The van der Waals surface area contributed by atoms with Crippen molar-refractivity contribution in [2.45, 2.75) is 11.3 Å². The minimum absolute atomic E-state index is 0. The summed E-state index contributed by atoms with van der Waals surface area (Å²) in [5.74, 6) is -0.681. The van der Waals surface area contributed by atoms with Crippen molar-refractivity contribution in [2.75, 3.05) is 19.6 Å². The van der Waals surface area contributed by atoms with Crippen LogP contribution in [-0.2, 0) is 10.0 Å². The quantitative estimate of drug-likeness (QED) is 0.796. The van der Waals surface area contributed by atoms with E-state index in [1.165, 1.54) is 0 Å². The molecule has 0 spiro atoms. The maximum Gasteiger partial charge on any atom is 0.243 e. The van der Waals surface area contributed by atoms with Gasteiger partial charge in [-0.1, -0.05) is 34.9 Å². The van der Waals surface area contributed by atoms with Crippen LogP contribution in [-0.4, -0.2) is 28.1 Å². The van der Waals surface area contributed by atoms with Gasteiger partial charge in [0.1, 0.15) is 10.7 Å². The first-order valence-corrected chi connectivity index (χ1v) is 8.17. The molecule has 0 radical (unpaired) electrons. The molecule has 118 valence electrons. The lowest BCUT2D eigenvalue weighted by Gasteiger charge is -2.15. The summed E-state index contributed by atoms with van der Waals surface area (Å²) in [6.45, 7) is 1.72. The number of rotatable bonds is 4. The van der Waals surface area contributed by atoms with Crippen molar-refractivity contribution in [2.24, 2.45) is 0 Å². The second-order valence-corrected chi connectivity index (χ2v) is 6.86. The molecule has 1 aliphatic heterocycles. The average Bonchev–Trinajstić information content (AvgIpc) is 2.36. The van der Waals surface area contributed by atoms with Crippen LogP contribution in [0.15, 0.2) is 28.7 Å². The number of nitrogens with one attached hydrogen (secondary N) is 2. The molecule has 0 aromatic heterocycles. The van der Waals surface area contributed by atoms with E-state index in [2.05, 4.69) is 10.0 Å². The SMILES string of the molecule is Cl.O=S(=O)(NCC1=CCNCC1)c1c(Cl)cc(F)cc1Cl. The van der Waals surface area contributed by atoms with Crippen molar-refractivity contribution in [1.29, 1.82) is 0 Å². The molecule has 0 aliphatic carbocycles. The van der Waals surface area contributed by atoms with Gasteiger partial charge in [0.2, 0.25) is 10.0 Å². The standard InChI is InChI=1S/C12H13Cl2FN2O2S.ClH/c13-10-5-9(15)6-11(14)12(10)20(18,19)17-7-8-1-3-16-4-2-8;/h1,5-6,16-17H,2-4,7H2;1H. The van der Waals surface area contributed by atoms with Gasteiger partial charge >= 0.3 is 0 Å². The molecule has 0 fully saturated rings. The highest BCUT2D eigenvalue weighted by Gasteiger charge is 2.23. The van der Waals surface area contributed by atoms with E-state index in [9.17, 15) is 12.8 Å². The van der Waals surface area contributed by atoms with Gasteiger partial charge in [0.05, 0.1) is 10.0 Å². The van der Waals surface area contributed by atoms with Crippen LogP contribution in [0.4, 0.5) is 4.39 Å². The molecule has 1 aromatic carbocycles. The summed E-state index contributed by atoms with van der Waals surface area (Å²) >= 11 is 11.5. The van der Waals surface area contributed by atoms with Crippen LogP contribution in [0, 0.1) is 5.82 Å². The number of hydrogen-bond donors (Lipinski definition) is 2. The van der Waals surface area contributed by atoms with E-state index in [0.717, 1.165) is 37.2 Å². The molecule has 1 aromatic rings. The van der Waals surface area contributed by atoms with Crippen LogP contribution in [0.25, 0.3) is 0 Å². The van der Waals surface area contributed by atoms with Gasteiger partial charge in [-0.3, -0.25) is 0 Å². The zero-order chi connectivity index (χ0) is 14.8. The zero-order valence-electron chi connectivity index (χ0n) is 10.8. The van der Waals surface area contributed by atoms with Gasteiger partial charge in [0.15, 0.2) is 0 Å². The predicted molar refractivity (Wildman–Crippen MR) is 84.4 cm³/mol. The van der Waals surface area contributed by atoms with E-state index in [4.69, 9.17) is 23.2 Å². The fourth-order valence-electron chi connectivity index (χ4n) is 1.88. The van der Waals surface area contributed by atoms with Crippen molar-refractivity contribution in [1.82, 2.24) is 10.0 Å². The number of halogens is 4. The normalized spacial score (nSPS) is 15.3. The van der Waals surface area contributed by atoms with Crippen LogP contribution in [0.2, 0.25) is 10.0 Å². The van der Waals surface area contributed by atoms with Crippen molar-refractivity contribution in [3.05, 3.63) is 39.6 Å². The van der Waals surface area contributed by atoms with Gasteiger partial charge in [0, 0.05) is 13.1 Å². The lowest BCUT2D eigenvalue weighted by atomic mass is 10.1. The first kappa shape index (κ1) is 18.7. The van der Waals surface area contributed by atoms with Gasteiger partial charge in [-0.05, 0) is 25.1 Å². The summed E-state index contributed by atoms with van der Waals surface area (Å²) < 4.78 is 39.9. The maximum absolute atomic E-state index is 13.1. The van der Waals surface area contributed by atoms with Crippen LogP contribution in [0.1, 0.15) is 6.42 Å². The van der Waals surface area contributed by atoms with E-state index in [0.29, 0.717) is 0 Å². The summed E-state index contributed by atoms with van der Waals surface area (Å²) in [4.78, 5) is -0.295. The molecule has 2 rings (SSSR count). The Kier molecular flexibility index (Phi) is 6.90. The first-order chi connectivity index (χ1) is 9.40. The van der Waals surface area contributed by atoms with Gasteiger partial charge in [-0.2, -0.15) is 0 Å². The van der Waals surface area contributed by atoms with Crippen LogP contribution < -0.4 is 10.0 Å². The Morgan fingerprint density at radius 2 is 1.90 bits per heavy atom. The third-order valence-corrected chi connectivity index (χ3v) is 5.20. The topological polar surface area (TPSA) is 58.2 Å². The molecular weight excluding hydrogens is 362 g/mol. The van der Waals surface area contributed by atoms with E-state index in [1.807, 2.05) is 6.08 Å². The molecule has 21 heavy (non-hydrogen) atoms. The fourth-order valence-corrected chi connectivity index (χ4v) is 4.10. The largest absolute Gasteiger partial charge is 0.313 e. The monoisotopic (exact) mass is 374 g/mol. The summed E-state index contributed by atoms with van der Waals surface area (Å²) in [6, 6.07) is 1.84. The molecule has 0 atom stereocenters. The van der Waals surface area contributed by atoms with Crippen LogP contribution in [0.5, 0.6) is 0 Å². The lowest BCUT2D eigenvalue weighted by molar-refractivity contribution is 0.581. The van der Waals surface area contributed by atoms with Gasteiger partial charge in [-0.15, -0.1) is 12.4 Å². The van der Waals surface area contributed by atoms with Gasteiger partial charge in [-0.25, -0.2) is 17.5 Å². The van der Waals surface area contributed by atoms with Crippen molar-refractivity contribution >= 4 is 45.6 Å². The van der Waals surface area contributed by atoms with E-state index >= 15 is 0 Å². The predicted octanol–water partition coefficient (Wildman–Crippen LogP) is 2.75. The first-order valence-electron chi connectivity index (χ1n) is 5.93. The molecule has 1 aliphatic rings. The molecule has 0 saturated heterocycles. The van der Waals surface area contributed by atoms with Gasteiger partial charge in [0.25, 0.3) is 0 Å². The van der Waals surface area contributed by atoms with Crippen LogP contribution >= 0.6 is 35.6 Å². The molecule has 9 heteroatoms. The summed E-state index contributed by atoms with van der Waals surface area (Å²) in [7, 11) is -3.88. The number of hydrogen-bond acceptors (Lipinski definition) is 3. The Balaban J connectivity index is 0.00000220. The Morgan fingerprint density at radius 3 is 2.43 bits per heavy atom. The molecular formula is C12H14Cl3FN2O2S. The Morgan fingerprint density at radius 1 is 1.29 bits per heavy atom. The maximum atomic E-state index is 13.1. The summed E-state index contributed by atoms with van der Waals surface area (Å²) in [5, 5.41) is 2.66. The van der Waals surface area contributed by atoms with Crippen molar-refractivity contribution < 1.29 is 12.8 Å². The van der Waals surface area contributed by atoms with Gasteiger partial charge < -0.3 is 5.32 Å². The number of benzene rings is 1.